The summed E-state index contributed by atoms with van der Waals surface area (Å²) in [4.78, 5) is 21.8. The molecule has 0 radical (unpaired) electrons. The van der Waals surface area contributed by atoms with Gasteiger partial charge in [-0.25, -0.2) is 9.59 Å². The van der Waals surface area contributed by atoms with E-state index in [9.17, 15) is 14.7 Å². The van der Waals surface area contributed by atoms with Crippen LogP contribution in [0.3, 0.4) is 0 Å². The first-order valence-electron chi connectivity index (χ1n) is 3.93. The van der Waals surface area contributed by atoms with Gasteiger partial charge in [0.1, 0.15) is 0 Å². The Bertz CT molecular complexity index is 266. The smallest absolute Gasteiger partial charge is 0.373 e. The first-order valence-corrected chi connectivity index (χ1v) is 3.93. The molecule has 1 aliphatic heterocycles. The number of esters is 2. The molecule has 0 amide bonds. The predicted octanol–water partition coefficient (Wildman–Crippen LogP) is 0.308. The Balaban J connectivity index is 2.78. The van der Waals surface area contributed by atoms with Crippen LogP contribution in [0.1, 0.15) is 13.3 Å². The summed E-state index contributed by atoms with van der Waals surface area (Å²) in [6.07, 6.45) is 0.253. The van der Waals surface area contributed by atoms with Crippen LogP contribution < -0.4 is 0 Å². The number of aliphatic hydroxyl groups is 1. The van der Waals surface area contributed by atoms with Crippen molar-refractivity contribution >= 4 is 11.9 Å². The highest BCUT2D eigenvalue weighted by Gasteiger charge is 2.27. The third-order valence-electron chi connectivity index (χ3n) is 1.59. The number of rotatable bonds is 2. The Labute approximate surface area is 74.9 Å². The molecule has 72 valence electrons. The zero-order valence-corrected chi connectivity index (χ0v) is 7.20. The summed E-state index contributed by atoms with van der Waals surface area (Å²) in [7, 11) is 0. The van der Waals surface area contributed by atoms with Gasteiger partial charge in [0.05, 0.1) is 18.8 Å². The molecule has 0 bridgehead atoms. The molecule has 0 atom stereocenters. The van der Waals surface area contributed by atoms with E-state index in [-0.39, 0.29) is 25.2 Å². The van der Waals surface area contributed by atoms with E-state index in [0.29, 0.717) is 0 Å². The van der Waals surface area contributed by atoms with Gasteiger partial charge in [-0.05, 0) is 6.92 Å². The van der Waals surface area contributed by atoms with E-state index in [2.05, 4.69) is 9.47 Å². The third kappa shape index (κ3) is 1.99. The van der Waals surface area contributed by atoms with E-state index in [1.807, 2.05) is 0 Å². The number of ether oxygens (including phenoxy) is 2. The molecular weight excluding hydrogens is 176 g/mol. The second-order valence-electron chi connectivity index (χ2n) is 2.43. The maximum atomic E-state index is 10.9. The molecule has 0 unspecified atom stereocenters. The molecule has 1 rings (SSSR count). The Kier molecular flexibility index (Phi) is 2.89. The fourth-order valence-corrected chi connectivity index (χ4v) is 0.973. The number of hydrogen-bond donors (Lipinski definition) is 1. The average molecular weight is 186 g/mol. The van der Waals surface area contributed by atoms with Crippen LogP contribution in [0.25, 0.3) is 0 Å². The van der Waals surface area contributed by atoms with Gasteiger partial charge in [0.2, 0.25) is 5.76 Å². The van der Waals surface area contributed by atoms with Crippen LogP contribution >= 0.6 is 0 Å². The minimum atomic E-state index is -0.878. The van der Waals surface area contributed by atoms with Crippen molar-refractivity contribution in [2.45, 2.75) is 13.3 Å². The summed E-state index contributed by atoms with van der Waals surface area (Å²) < 4.78 is 9.06. The Morgan fingerprint density at radius 2 is 2.38 bits per heavy atom. The quantitative estimate of drug-likeness (QED) is 0.381. The van der Waals surface area contributed by atoms with E-state index in [1.165, 1.54) is 0 Å². The molecule has 0 saturated carbocycles. The van der Waals surface area contributed by atoms with E-state index < -0.39 is 17.7 Å². The van der Waals surface area contributed by atoms with Gasteiger partial charge in [-0.3, -0.25) is 0 Å². The summed E-state index contributed by atoms with van der Waals surface area (Å²) in [6, 6.07) is 0. The number of carbonyl (C=O) groups excluding carboxylic acids is 2. The lowest BCUT2D eigenvalue weighted by Gasteiger charge is -2.01. The van der Waals surface area contributed by atoms with Crippen molar-refractivity contribution in [1.82, 2.24) is 0 Å². The molecular formula is C8H10O5. The van der Waals surface area contributed by atoms with Crippen molar-refractivity contribution in [3.63, 3.8) is 0 Å². The minimum Gasteiger partial charge on any atom is -0.501 e. The van der Waals surface area contributed by atoms with Crippen LogP contribution in [0.15, 0.2) is 11.3 Å². The van der Waals surface area contributed by atoms with E-state index in [0.717, 1.165) is 0 Å². The van der Waals surface area contributed by atoms with Gasteiger partial charge >= 0.3 is 11.9 Å². The second-order valence-corrected chi connectivity index (χ2v) is 2.43. The summed E-state index contributed by atoms with van der Waals surface area (Å²) in [5.41, 5.74) is -0.00144. The topological polar surface area (TPSA) is 72.8 Å². The van der Waals surface area contributed by atoms with Crippen molar-refractivity contribution < 1.29 is 24.2 Å². The van der Waals surface area contributed by atoms with Crippen LogP contribution in [0.2, 0.25) is 0 Å². The molecule has 1 aliphatic rings. The molecule has 0 aromatic heterocycles. The summed E-state index contributed by atoms with van der Waals surface area (Å²) in [6.45, 7) is 1.98. The highest BCUT2D eigenvalue weighted by atomic mass is 16.6. The SMILES string of the molecule is CCOC(=O)/C(O)=C1\CCOC1=O. The minimum absolute atomic E-state index is 0.00144. The number of aliphatic hydroxyl groups excluding tert-OH is 1. The van der Waals surface area contributed by atoms with Gasteiger partial charge in [0, 0.05) is 6.42 Å². The Morgan fingerprint density at radius 1 is 1.69 bits per heavy atom. The van der Waals surface area contributed by atoms with Gasteiger partial charge in [-0.2, -0.15) is 0 Å². The molecule has 1 N–H and O–H groups in total. The Morgan fingerprint density at radius 3 is 2.85 bits per heavy atom. The first-order chi connectivity index (χ1) is 6.16. The lowest BCUT2D eigenvalue weighted by atomic mass is 10.2. The number of cyclic esters (lactones) is 1. The largest absolute Gasteiger partial charge is 0.501 e. The zero-order chi connectivity index (χ0) is 9.84. The molecule has 0 aromatic rings. The van der Waals surface area contributed by atoms with Crippen LogP contribution in [0, 0.1) is 0 Å². The molecule has 13 heavy (non-hydrogen) atoms. The van der Waals surface area contributed by atoms with E-state index in [1.54, 1.807) is 6.92 Å². The summed E-state index contributed by atoms with van der Waals surface area (Å²) >= 11 is 0. The van der Waals surface area contributed by atoms with Gasteiger partial charge in [-0.1, -0.05) is 0 Å². The van der Waals surface area contributed by atoms with Crippen LogP contribution in [-0.4, -0.2) is 30.3 Å². The molecule has 1 heterocycles. The van der Waals surface area contributed by atoms with Crippen molar-refractivity contribution in [3.8, 4) is 0 Å². The summed E-state index contributed by atoms with van der Waals surface area (Å²) in [5, 5.41) is 9.22. The van der Waals surface area contributed by atoms with Crippen molar-refractivity contribution in [1.29, 1.82) is 0 Å². The van der Waals surface area contributed by atoms with Crippen LogP contribution in [0.5, 0.6) is 0 Å². The monoisotopic (exact) mass is 186 g/mol. The average Bonchev–Trinajstić information content (AvgIpc) is 2.50. The highest BCUT2D eigenvalue weighted by molar-refractivity contribution is 5.99. The van der Waals surface area contributed by atoms with Crippen molar-refractivity contribution in [2.75, 3.05) is 13.2 Å². The summed E-state index contributed by atoms with van der Waals surface area (Å²) in [5.74, 6) is -2.16. The Hall–Kier alpha value is -1.52. The van der Waals surface area contributed by atoms with Crippen molar-refractivity contribution in [2.24, 2.45) is 0 Å². The van der Waals surface area contributed by atoms with Gasteiger partial charge in [-0.15, -0.1) is 0 Å². The van der Waals surface area contributed by atoms with Gasteiger partial charge in [0.15, 0.2) is 0 Å². The molecule has 1 saturated heterocycles. The van der Waals surface area contributed by atoms with Gasteiger partial charge in [0.25, 0.3) is 0 Å². The molecule has 5 nitrogen and oxygen atoms in total. The van der Waals surface area contributed by atoms with Crippen molar-refractivity contribution in [3.05, 3.63) is 11.3 Å². The fourth-order valence-electron chi connectivity index (χ4n) is 0.973. The number of hydrogen-bond acceptors (Lipinski definition) is 5. The highest BCUT2D eigenvalue weighted by Crippen LogP contribution is 2.16. The predicted molar refractivity (Wildman–Crippen MR) is 41.9 cm³/mol. The fraction of sp³-hybridized carbons (Fsp3) is 0.500. The van der Waals surface area contributed by atoms with E-state index >= 15 is 0 Å². The number of carbonyl (C=O) groups is 2. The standard InChI is InChI=1S/C8H10O5/c1-2-12-8(11)6(9)5-3-4-13-7(5)10/h9H,2-4H2,1H3/b6-5-. The molecule has 1 fully saturated rings. The molecule has 0 spiro atoms. The zero-order valence-electron chi connectivity index (χ0n) is 7.20. The van der Waals surface area contributed by atoms with Gasteiger partial charge < -0.3 is 14.6 Å². The maximum Gasteiger partial charge on any atom is 0.373 e. The first kappa shape index (κ1) is 9.57. The van der Waals surface area contributed by atoms with Crippen LogP contribution in [-0.2, 0) is 19.1 Å². The molecule has 5 heteroatoms. The lowest BCUT2D eigenvalue weighted by molar-refractivity contribution is -0.143. The molecule has 0 aromatic carbocycles. The second kappa shape index (κ2) is 3.93. The third-order valence-corrected chi connectivity index (χ3v) is 1.59. The van der Waals surface area contributed by atoms with E-state index in [4.69, 9.17) is 0 Å². The lowest BCUT2D eigenvalue weighted by Crippen LogP contribution is -2.11. The normalized spacial score (nSPS) is 19.6. The van der Waals surface area contributed by atoms with Crippen LogP contribution in [0.4, 0.5) is 0 Å². The molecule has 0 aliphatic carbocycles. The maximum absolute atomic E-state index is 10.9.